The Hall–Kier alpha value is -3.48. The molecule has 0 atom stereocenters. The lowest BCUT2D eigenvalue weighted by Crippen LogP contribution is -2.46. The van der Waals surface area contributed by atoms with Crippen LogP contribution in [-0.4, -0.2) is 47.7 Å². The van der Waals surface area contributed by atoms with E-state index in [-0.39, 0.29) is 17.9 Å². The van der Waals surface area contributed by atoms with Crippen LogP contribution >= 0.6 is 0 Å². The highest BCUT2D eigenvalue weighted by Crippen LogP contribution is 2.46. The minimum Gasteiger partial charge on any atom is -0.465 e. The van der Waals surface area contributed by atoms with Crippen LogP contribution in [0.25, 0.3) is 11.6 Å². The van der Waals surface area contributed by atoms with Gasteiger partial charge in [-0.15, -0.1) is 0 Å². The third-order valence-corrected chi connectivity index (χ3v) is 8.75. The number of amides is 1. The molecule has 6 nitrogen and oxygen atoms in total. The number of hydrogen-bond donors (Lipinski definition) is 0. The molecule has 0 unspecified atom stereocenters. The number of esters is 1. The maximum Gasteiger partial charge on any atom is 0.410 e. The van der Waals surface area contributed by atoms with Crippen molar-refractivity contribution in [1.29, 1.82) is 0 Å². The zero-order valence-electron chi connectivity index (χ0n) is 25.8. The van der Waals surface area contributed by atoms with Crippen molar-refractivity contribution in [3.63, 3.8) is 0 Å². The fourth-order valence-electron chi connectivity index (χ4n) is 6.43. The first-order valence-electron chi connectivity index (χ1n) is 15.1. The second-order valence-corrected chi connectivity index (χ2v) is 13.8. The number of halogens is 1. The van der Waals surface area contributed by atoms with E-state index >= 15 is 4.39 Å². The topological polar surface area (TPSA) is 68.7 Å². The number of aryl methyl sites for hydroxylation is 1. The summed E-state index contributed by atoms with van der Waals surface area (Å²) in [5.41, 5.74) is 6.53. The number of fused-ring (bicyclic) bond motifs is 1. The molecule has 0 bridgehead atoms. The van der Waals surface area contributed by atoms with Crippen molar-refractivity contribution in [3.8, 4) is 0 Å². The van der Waals surface area contributed by atoms with Crippen molar-refractivity contribution in [2.75, 3.05) is 20.2 Å². The quantitative estimate of drug-likeness (QED) is 0.346. The average Bonchev–Trinajstić information content (AvgIpc) is 3.08. The van der Waals surface area contributed by atoms with Crippen LogP contribution < -0.4 is 0 Å². The number of rotatable bonds is 4. The summed E-state index contributed by atoms with van der Waals surface area (Å²) in [6.45, 7) is 11.1. The Morgan fingerprint density at radius 1 is 1.10 bits per heavy atom. The predicted molar refractivity (Wildman–Crippen MR) is 162 cm³/mol. The van der Waals surface area contributed by atoms with Gasteiger partial charge in [0.2, 0.25) is 0 Å². The van der Waals surface area contributed by atoms with E-state index in [0.29, 0.717) is 41.2 Å². The molecule has 1 amide bonds. The number of ether oxygens (including phenoxy) is 2. The predicted octanol–water partition coefficient (Wildman–Crippen LogP) is 8.00. The standard InChI is InChI=1S/C35H43FN2O4/c1-34(2,3)42-33(40)38-20-23(21-38)16-22-17-29(36)31(37-19-22)30-27(24-12-14-35(4,5)15-13-24)9-7-8-25-18-26(32(39)41-6)10-11-28(25)30/h10-11,16-19,24H,7-9,12-15,20-21H2,1-6H3. The maximum atomic E-state index is 16.1. The van der Waals surface area contributed by atoms with E-state index in [2.05, 4.69) is 13.8 Å². The molecule has 1 aliphatic heterocycles. The number of likely N-dealkylation sites (tertiary alicyclic amines) is 1. The lowest BCUT2D eigenvalue weighted by Gasteiger charge is -2.36. The Morgan fingerprint density at radius 3 is 2.45 bits per heavy atom. The van der Waals surface area contributed by atoms with Crippen molar-refractivity contribution in [2.45, 2.75) is 85.2 Å². The first kappa shape index (κ1) is 30.0. The molecular formula is C35H43FN2O4. The summed E-state index contributed by atoms with van der Waals surface area (Å²) in [6, 6.07) is 7.18. The molecule has 2 fully saturated rings. The number of methoxy groups -OCH3 is 1. The molecular weight excluding hydrogens is 531 g/mol. The van der Waals surface area contributed by atoms with Crippen molar-refractivity contribution >= 4 is 23.7 Å². The molecule has 5 rings (SSSR count). The van der Waals surface area contributed by atoms with Gasteiger partial charge in [0.05, 0.1) is 12.7 Å². The first-order chi connectivity index (χ1) is 19.8. The lowest BCUT2D eigenvalue weighted by molar-refractivity contribution is 0.0216. The van der Waals surface area contributed by atoms with Crippen LogP contribution in [0.4, 0.5) is 9.18 Å². The molecule has 0 N–H and O–H groups in total. The Kier molecular flexibility index (Phi) is 8.32. The van der Waals surface area contributed by atoms with Gasteiger partial charge in [0, 0.05) is 24.9 Å². The summed E-state index contributed by atoms with van der Waals surface area (Å²) in [7, 11) is 1.39. The van der Waals surface area contributed by atoms with E-state index in [9.17, 15) is 9.59 Å². The van der Waals surface area contributed by atoms with E-state index in [1.807, 2.05) is 39.0 Å². The molecule has 1 aromatic heterocycles. The van der Waals surface area contributed by atoms with E-state index in [0.717, 1.165) is 67.2 Å². The van der Waals surface area contributed by atoms with Gasteiger partial charge in [0.1, 0.15) is 17.1 Å². The van der Waals surface area contributed by atoms with Crippen molar-refractivity contribution < 1.29 is 23.5 Å². The van der Waals surface area contributed by atoms with Crippen LogP contribution in [0.15, 0.2) is 41.6 Å². The van der Waals surface area contributed by atoms with Crippen LogP contribution in [0.5, 0.6) is 0 Å². The summed E-state index contributed by atoms with van der Waals surface area (Å²) in [4.78, 5) is 30.9. The molecule has 2 aromatic rings. The fourth-order valence-corrected chi connectivity index (χ4v) is 6.43. The lowest BCUT2D eigenvalue weighted by atomic mass is 9.69. The number of carbonyl (C=O) groups is 2. The molecule has 1 saturated heterocycles. The Labute approximate surface area is 249 Å². The number of nitrogens with zero attached hydrogens (tertiary/aromatic N) is 2. The Bertz CT molecular complexity index is 1430. The second-order valence-electron chi connectivity index (χ2n) is 13.8. The summed E-state index contributed by atoms with van der Waals surface area (Å²) in [6.07, 6.45) is 10.4. The molecule has 0 radical (unpaired) electrons. The largest absolute Gasteiger partial charge is 0.465 e. The van der Waals surface area contributed by atoms with Gasteiger partial charge in [-0.1, -0.05) is 31.6 Å². The highest BCUT2D eigenvalue weighted by molar-refractivity contribution is 5.91. The van der Waals surface area contributed by atoms with Gasteiger partial charge in [-0.2, -0.15) is 0 Å². The van der Waals surface area contributed by atoms with Crippen molar-refractivity contribution in [2.24, 2.45) is 11.3 Å². The molecule has 2 heterocycles. The summed E-state index contributed by atoms with van der Waals surface area (Å²) >= 11 is 0. The van der Waals surface area contributed by atoms with Crippen molar-refractivity contribution in [3.05, 3.63) is 75.4 Å². The summed E-state index contributed by atoms with van der Waals surface area (Å²) in [5, 5.41) is 0. The highest BCUT2D eigenvalue weighted by atomic mass is 19.1. The minimum absolute atomic E-state index is 0.328. The van der Waals surface area contributed by atoms with E-state index < -0.39 is 5.60 Å². The molecule has 7 heteroatoms. The van der Waals surface area contributed by atoms with Gasteiger partial charge in [0.25, 0.3) is 0 Å². The smallest absolute Gasteiger partial charge is 0.410 e. The molecule has 42 heavy (non-hydrogen) atoms. The molecule has 224 valence electrons. The van der Waals surface area contributed by atoms with Crippen LogP contribution in [0.2, 0.25) is 0 Å². The molecule has 1 aromatic carbocycles. The SMILES string of the molecule is COC(=O)c1ccc2c(c1)CCCC(C1CCC(C)(C)CC1)=C2c1ncc(C=C2CN(C(=O)OC(C)(C)C)C2)cc1F. The first-order valence-corrected chi connectivity index (χ1v) is 15.1. The molecule has 1 saturated carbocycles. The minimum atomic E-state index is -0.543. The van der Waals surface area contributed by atoms with Gasteiger partial charge in [0.15, 0.2) is 0 Å². The Morgan fingerprint density at radius 2 is 1.81 bits per heavy atom. The second kappa shape index (κ2) is 11.7. The van der Waals surface area contributed by atoms with Crippen LogP contribution in [0.3, 0.4) is 0 Å². The van der Waals surface area contributed by atoms with E-state index in [1.165, 1.54) is 12.7 Å². The summed E-state index contributed by atoms with van der Waals surface area (Å²) < 4.78 is 26.5. The Balaban J connectivity index is 1.48. The number of pyridine rings is 1. The molecule has 0 spiro atoms. The van der Waals surface area contributed by atoms with Crippen LogP contribution in [-0.2, 0) is 15.9 Å². The summed E-state index contributed by atoms with van der Waals surface area (Å²) in [5.74, 6) is -0.345. The van der Waals surface area contributed by atoms with Gasteiger partial charge < -0.3 is 14.4 Å². The van der Waals surface area contributed by atoms with Crippen molar-refractivity contribution in [1.82, 2.24) is 9.88 Å². The van der Waals surface area contributed by atoms with Gasteiger partial charge in [-0.25, -0.2) is 14.0 Å². The number of benzene rings is 1. The van der Waals surface area contributed by atoms with Crippen LogP contribution in [0, 0.1) is 17.2 Å². The zero-order chi connectivity index (χ0) is 30.2. The van der Waals surface area contributed by atoms with Gasteiger partial charge in [-0.3, -0.25) is 4.98 Å². The third-order valence-electron chi connectivity index (χ3n) is 8.75. The van der Waals surface area contributed by atoms with Gasteiger partial charge >= 0.3 is 12.1 Å². The van der Waals surface area contributed by atoms with Crippen LogP contribution in [0.1, 0.15) is 106 Å². The third kappa shape index (κ3) is 6.61. The normalized spacial score (nSPS) is 19.0. The number of carbonyl (C=O) groups excluding carboxylic acids is 2. The maximum absolute atomic E-state index is 16.1. The molecule has 3 aliphatic rings. The number of allylic oxidation sites excluding steroid dienone is 1. The van der Waals surface area contributed by atoms with Gasteiger partial charge in [-0.05, 0) is 118 Å². The number of aromatic nitrogens is 1. The monoisotopic (exact) mass is 574 g/mol. The molecule has 2 aliphatic carbocycles. The highest BCUT2D eigenvalue weighted by Gasteiger charge is 2.33. The van der Waals surface area contributed by atoms with E-state index in [4.69, 9.17) is 14.5 Å². The van der Waals surface area contributed by atoms with E-state index in [1.54, 1.807) is 23.2 Å². The fraction of sp³-hybridized carbons (Fsp3) is 0.514. The number of hydrogen-bond acceptors (Lipinski definition) is 5. The average molecular weight is 575 g/mol. The zero-order valence-corrected chi connectivity index (χ0v) is 25.8.